The lowest BCUT2D eigenvalue weighted by Crippen LogP contribution is -2.24. The quantitative estimate of drug-likeness (QED) is 0.0710. The van der Waals surface area contributed by atoms with Crippen molar-refractivity contribution in [2.75, 3.05) is 19.1 Å². The molecule has 5 aromatic rings. The average molecular weight is 667 g/mol. The zero-order valence-corrected chi connectivity index (χ0v) is 25.6. The molecular weight excluding hydrogens is 645 g/mol. The number of anilines is 1. The number of hydrogen-bond acceptors (Lipinski definition) is 7. The van der Waals surface area contributed by atoms with Crippen LogP contribution in [-0.2, 0) is 19.3 Å². The number of methoxy groups -OCH3 is 2. The molecule has 5 rings (SSSR count). The number of ether oxygens (including phenoxy) is 2. The van der Waals surface area contributed by atoms with Gasteiger partial charge in [-0.05, 0) is 65.5 Å². The molecule has 0 saturated heterocycles. The fourth-order valence-electron chi connectivity index (χ4n) is 4.69. The van der Waals surface area contributed by atoms with Crippen molar-refractivity contribution in [3.63, 3.8) is 0 Å². The Hall–Kier alpha value is -3.93. The van der Waals surface area contributed by atoms with Crippen LogP contribution < -0.4 is 14.4 Å². The van der Waals surface area contributed by atoms with Gasteiger partial charge in [-0.1, -0.05) is 47.5 Å². The monoisotopic (exact) mass is 665 g/mol. The molecule has 0 aliphatic carbocycles. The van der Waals surface area contributed by atoms with Crippen LogP contribution in [0.15, 0.2) is 54.6 Å². The van der Waals surface area contributed by atoms with E-state index >= 15 is 4.39 Å². The van der Waals surface area contributed by atoms with E-state index in [1.54, 1.807) is 43.4 Å². The summed E-state index contributed by atoms with van der Waals surface area (Å²) in [5, 5.41) is -1.33. The van der Waals surface area contributed by atoms with Crippen molar-refractivity contribution in [1.29, 1.82) is 0 Å². The van der Waals surface area contributed by atoms with E-state index in [0.29, 0.717) is 11.5 Å². The van der Waals surface area contributed by atoms with Crippen molar-refractivity contribution in [3.8, 4) is 22.9 Å². The number of fused-ring (bicyclic) bond motifs is 1. The first-order chi connectivity index (χ1) is 20.9. The third kappa shape index (κ3) is 6.45. The Morgan fingerprint density at radius 3 is 1.77 bits per heavy atom. The van der Waals surface area contributed by atoms with Gasteiger partial charge in [-0.3, -0.25) is 0 Å². The number of halogens is 7. The number of pyridine rings is 2. The number of aromatic nitrogens is 4. The highest BCUT2D eigenvalue weighted by atomic mass is 35.5. The molecule has 0 aliphatic rings. The van der Waals surface area contributed by atoms with Crippen LogP contribution in [0.3, 0.4) is 0 Å². The van der Waals surface area contributed by atoms with Gasteiger partial charge in [0.25, 0.3) is 0 Å². The van der Waals surface area contributed by atoms with Crippen molar-refractivity contribution in [3.05, 3.63) is 98.3 Å². The standard InChI is InChI=1S/C30H22Cl3F4N5O2/c1-15-12-20(42(13-16-4-8-18(43-2)9-5-16)14-17-6-10-19(44-3)11-7-17)38-25(22(15)30(35,36)37)26-23(34)24-21(27(31)39-26)28(32)41-29(33)40-24/h4-12H,13-14H2,1-3H3. The molecule has 0 unspecified atom stereocenters. The topological polar surface area (TPSA) is 73.3 Å². The average Bonchev–Trinajstić information content (AvgIpc) is 2.98. The van der Waals surface area contributed by atoms with Crippen molar-refractivity contribution in [2.24, 2.45) is 0 Å². The highest BCUT2D eigenvalue weighted by molar-refractivity contribution is 6.41. The van der Waals surface area contributed by atoms with E-state index in [2.05, 4.69) is 19.9 Å². The summed E-state index contributed by atoms with van der Waals surface area (Å²) in [6, 6.07) is 15.7. The van der Waals surface area contributed by atoms with Crippen molar-refractivity contribution < 1.29 is 27.0 Å². The van der Waals surface area contributed by atoms with Gasteiger partial charge in [-0.2, -0.15) is 13.2 Å². The molecule has 0 N–H and O–H groups in total. The zero-order chi connectivity index (χ0) is 31.8. The molecule has 228 valence electrons. The molecule has 7 nitrogen and oxygen atoms in total. The number of nitrogens with zero attached hydrogens (tertiary/aromatic N) is 5. The van der Waals surface area contributed by atoms with Gasteiger partial charge in [-0.25, -0.2) is 24.3 Å². The largest absolute Gasteiger partial charge is 0.497 e. The summed E-state index contributed by atoms with van der Waals surface area (Å²) in [6.07, 6.45) is -4.92. The smallest absolute Gasteiger partial charge is 0.418 e. The van der Waals surface area contributed by atoms with Gasteiger partial charge in [-0.15, -0.1) is 0 Å². The van der Waals surface area contributed by atoms with Crippen molar-refractivity contribution in [2.45, 2.75) is 26.2 Å². The Balaban J connectivity index is 1.71. The molecule has 2 aromatic carbocycles. The molecule has 3 aromatic heterocycles. The molecule has 0 atom stereocenters. The summed E-state index contributed by atoms with van der Waals surface area (Å²) in [5.41, 5.74) is -1.77. The molecule has 0 saturated carbocycles. The van der Waals surface area contributed by atoms with Gasteiger partial charge in [0, 0.05) is 13.1 Å². The molecule has 3 heterocycles. The number of aryl methyl sites for hydroxylation is 1. The van der Waals surface area contributed by atoms with Crippen LogP contribution in [0.5, 0.6) is 11.5 Å². The predicted octanol–water partition coefficient (Wildman–Crippen LogP) is 8.74. The SMILES string of the molecule is COc1ccc(CN(Cc2ccc(OC)cc2)c2cc(C)c(C(F)(F)F)c(-c3nc(Cl)c4c(Cl)nc(Cl)nc4c3F)n2)cc1. The first kappa shape index (κ1) is 31.5. The minimum Gasteiger partial charge on any atom is -0.497 e. The summed E-state index contributed by atoms with van der Waals surface area (Å²) in [4.78, 5) is 17.6. The summed E-state index contributed by atoms with van der Waals surface area (Å²) < 4.78 is 70.0. The van der Waals surface area contributed by atoms with Crippen LogP contribution in [0.2, 0.25) is 15.6 Å². The summed E-state index contributed by atoms with van der Waals surface area (Å²) in [6.45, 7) is 1.74. The third-order valence-corrected chi connectivity index (χ3v) is 7.49. The van der Waals surface area contributed by atoms with Crippen molar-refractivity contribution >= 4 is 51.5 Å². The second kappa shape index (κ2) is 12.6. The number of rotatable bonds is 8. The molecule has 0 bridgehead atoms. The Morgan fingerprint density at radius 1 is 0.750 bits per heavy atom. The second-order valence-electron chi connectivity index (χ2n) is 9.64. The molecule has 0 amide bonds. The van der Waals surface area contributed by atoms with Crippen LogP contribution in [-0.4, -0.2) is 34.2 Å². The molecule has 14 heteroatoms. The van der Waals surface area contributed by atoms with Gasteiger partial charge in [0.15, 0.2) is 5.82 Å². The molecule has 0 aliphatic heterocycles. The fourth-order valence-corrected chi connectivity index (χ4v) is 5.47. The van der Waals surface area contributed by atoms with E-state index in [4.69, 9.17) is 44.3 Å². The van der Waals surface area contributed by atoms with Gasteiger partial charge in [0.05, 0.1) is 25.2 Å². The highest BCUT2D eigenvalue weighted by Gasteiger charge is 2.39. The maximum Gasteiger partial charge on any atom is 0.418 e. The zero-order valence-electron chi connectivity index (χ0n) is 23.3. The van der Waals surface area contributed by atoms with Crippen LogP contribution >= 0.6 is 34.8 Å². The van der Waals surface area contributed by atoms with E-state index in [1.165, 1.54) is 13.0 Å². The van der Waals surface area contributed by atoms with E-state index in [0.717, 1.165) is 11.1 Å². The molecular formula is C30H22Cl3F4N5O2. The van der Waals surface area contributed by atoms with Gasteiger partial charge < -0.3 is 14.4 Å². The molecule has 0 spiro atoms. The summed E-state index contributed by atoms with van der Waals surface area (Å²) in [5.74, 6) is 0.176. The second-order valence-corrected chi connectivity index (χ2v) is 10.7. The Bertz CT molecular complexity index is 1790. The Kier molecular flexibility index (Phi) is 9.01. The van der Waals surface area contributed by atoms with Gasteiger partial charge in [0.2, 0.25) is 5.28 Å². The number of alkyl halides is 3. The van der Waals surface area contributed by atoms with Crippen LogP contribution in [0.4, 0.5) is 23.4 Å². The van der Waals surface area contributed by atoms with E-state index in [9.17, 15) is 13.2 Å². The number of benzene rings is 2. The van der Waals surface area contributed by atoms with Crippen molar-refractivity contribution in [1.82, 2.24) is 19.9 Å². The maximum absolute atomic E-state index is 16.0. The van der Waals surface area contributed by atoms with Crippen LogP contribution in [0, 0.1) is 12.7 Å². The van der Waals surface area contributed by atoms with Gasteiger partial charge in [0.1, 0.15) is 44.5 Å². The van der Waals surface area contributed by atoms with Crippen LogP contribution in [0.25, 0.3) is 22.3 Å². The van der Waals surface area contributed by atoms with E-state index < -0.39 is 44.9 Å². The van der Waals surface area contributed by atoms with E-state index in [-0.39, 0.29) is 35.0 Å². The first-order valence-corrected chi connectivity index (χ1v) is 14.0. The molecule has 0 fully saturated rings. The lowest BCUT2D eigenvalue weighted by Gasteiger charge is -2.27. The number of hydrogen-bond donors (Lipinski definition) is 0. The highest BCUT2D eigenvalue weighted by Crippen LogP contribution is 2.42. The normalized spacial score (nSPS) is 11.6. The minimum absolute atomic E-state index is 0.133. The van der Waals surface area contributed by atoms with Crippen LogP contribution in [0.1, 0.15) is 22.3 Å². The molecule has 0 radical (unpaired) electrons. The maximum atomic E-state index is 16.0. The molecule has 44 heavy (non-hydrogen) atoms. The fraction of sp³-hybridized carbons (Fsp3) is 0.200. The Morgan fingerprint density at radius 2 is 1.27 bits per heavy atom. The first-order valence-electron chi connectivity index (χ1n) is 12.9. The lowest BCUT2D eigenvalue weighted by atomic mass is 10.0. The Labute approximate surface area is 264 Å². The summed E-state index contributed by atoms with van der Waals surface area (Å²) >= 11 is 18.3. The third-order valence-electron chi connectivity index (χ3n) is 6.77. The summed E-state index contributed by atoms with van der Waals surface area (Å²) in [7, 11) is 3.09. The van der Waals surface area contributed by atoms with Gasteiger partial charge >= 0.3 is 6.18 Å². The predicted molar refractivity (Wildman–Crippen MR) is 161 cm³/mol. The minimum atomic E-state index is -4.92. The van der Waals surface area contributed by atoms with E-state index in [1.807, 2.05) is 24.3 Å². The lowest BCUT2D eigenvalue weighted by molar-refractivity contribution is -0.137.